The first-order valence-electron chi connectivity index (χ1n) is 3.09. The second-order valence-corrected chi connectivity index (χ2v) is 4.95. The van der Waals surface area contributed by atoms with Gasteiger partial charge in [-0.25, -0.2) is 21.8 Å². The van der Waals surface area contributed by atoms with Crippen LogP contribution in [0.25, 0.3) is 0 Å². The van der Waals surface area contributed by atoms with Crippen LogP contribution >= 0.6 is 0 Å². The first kappa shape index (κ1) is 19.3. The van der Waals surface area contributed by atoms with E-state index in [1.165, 1.54) is 0 Å². The molecule has 0 fully saturated rings. The molecule has 1 aromatic heterocycles. The predicted octanol–water partition coefficient (Wildman–Crippen LogP) is -7.10. The van der Waals surface area contributed by atoms with Gasteiger partial charge in [0.05, 0.1) is 4.90 Å². The van der Waals surface area contributed by atoms with Crippen LogP contribution < -0.4 is 59.1 Å². The van der Waals surface area contributed by atoms with Crippen LogP contribution in [-0.4, -0.2) is 30.9 Å². The minimum atomic E-state index is -4.72. The van der Waals surface area contributed by atoms with Gasteiger partial charge >= 0.3 is 59.1 Å². The summed E-state index contributed by atoms with van der Waals surface area (Å²) < 4.78 is 62.2. The van der Waals surface area contributed by atoms with Crippen LogP contribution in [0.1, 0.15) is 0 Å². The Morgan fingerprint density at radius 3 is 1.69 bits per heavy atom. The predicted molar refractivity (Wildman–Crippen MR) is 40.2 cm³/mol. The maximum Gasteiger partial charge on any atom is 1.00 e. The number of rotatable bonds is 2. The van der Waals surface area contributed by atoms with Crippen molar-refractivity contribution in [1.82, 2.24) is 4.98 Å². The molecule has 0 aliphatic rings. The molecule has 1 aromatic rings. The van der Waals surface area contributed by atoms with E-state index in [1.807, 2.05) is 0 Å². The van der Waals surface area contributed by atoms with Crippen LogP contribution in [0.15, 0.2) is 28.3 Å². The van der Waals surface area contributed by atoms with Gasteiger partial charge in [0.15, 0.2) is 0 Å². The molecule has 0 saturated heterocycles. The minimum Gasteiger partial charge on any atom is -0.744 e. The van der Waals surface area contributed by atoms with Crippen molar-refractivity contribution in [2.45, 2.75) is 9.92 Å². The summed E-state index contributed by atoms with van der Waals surface area (Å²) in [7, 11) is -9.40. The van der Waals surface area contributed by atoms with Crippen LogP contribution in [0, 0.1) is 0 Å². The molecule has 0 aromatic carbocycles. The zero-order chi connectivity index (χ0) is 11.0. The summed E-state index contributed by atoms with van der Waals surface area (Å²) >= 11 is 0. The van der Waals surface area contributed by atoms with E-state index in [-0.39, 0.29) is 59.1 Å². The molecule has 0 unspecified atom stereocenters. The Hall–Kier alpha value is 0.970. The summed E-state index contributed by atoms with van der Waals surface area (Å²) in [6.45, 7) is 0. The third-order valence-corrected chi connectivity index (χ3v) is 2.83. The topological polar surface area (TPSA) is 127 Å². The van der Waals surface area contributed by atoms with Crippen molar-refractivity contribution < 1.29 is 85.1 Å². The summed E-state index contributed by atoms with van der Waals surface area (Å²) in [5.74, 6) is 0. The Morgan fingerprint density at radius 2 is 1.44 bits per heavy atom. The molecule has 11 heteroatoms. The van der Waals surface area contributed by atoms with E-state index in [2.05, 4.69) is 4.98 Å². The van der Waals surface area contributed by atoms with Gasteiger partial charge in [0.1, 0.15) is 25.3 Å². The zero-order valence-corrected chi connectivity index (χ0v) is 14.1. The number of hydrogen-bond donors (Lipinski definition) is 0. The molecule has 0 bridgehead atoms. The normalized spacial score (nSPS) is 11.1. The molecule has 0 aliphatic carbocycles. The third kappa shape index (κ3) is 5.54. The fraction of sp³-hybridized carbons (Fsp3) is 0. The van der Waals surface area contributed by atoms with Crippen LogP contribution in [0.5, 0.6) is 0 Å². The van der Waals surface area contributed by atoms with Crippen LogP contribution in [0.3, 0.4) is 0 Å². The smallest absolute Gasteiger partial charge is 0.744 e. The van der Waals surface area contributed by atoms with Gasteiger partial charge in [-0.3, -0.25) is 0 Å². The molecule has 78 valence electrons. The van der Waals surface area contributed by atoms with Gasteiger partial charge in [-0.2, -0.15) is 0 Å². The molecule has 0 radical (unpaired) electrons. The molecule has 0 spiro atoms. The van der Waals surface area contributed by atoms with Crippen molar-refractivity contribution in [3.63, 3.8) is 0 Å². The molecule has 0 N–H and O–H groups in total. The van der Waals surface area contributed by atoms with Gasteiger partial charge in [-0.1, -0.05) is 0 Å². The van der Waals surface area contributed by atoms with Gasteiger partial charge in [0, 0.05) is 6.20 Å². The molecular formula is C5H3NNa2O6S2. The van der Waals surface area contributed by atoms with Crippen LogP contribution in [0.2, 0.25) is 0 Å². The van der Waals surface area contributed by atoms with E-state index in [4.69, 9.17) is 0 Å². The molecule has 0 atom stereocenters. The summed E-state index contributed by atoms with van der Waals surface area (Å²) in [4.78, 5) is 2.35. The first-order chi connectivity index (χ1) is 6.21. The maximum atomic E-state index is 10.4. The zero-order valence-electron chi connectivity index (χ0n) is 8.45. The molecular weight excluding hydrogens is 280 g/mol. The Bertz CT molecular complexity index is 486. The number of aromatic nitrogens is 1. The van der Waals surface area contributed by atoms with Gasteiger partial charge in [0.2, 0.25) is 0 Å². The van der Waals surface area contributed by atoms with Crippen LogP contribution in [0.4, 0.5) is 0 Å². The SMILES string of the molecule is O=S(=O)([O-])c1ccc(S(=O)(=O)[O-])nc1.[Na+].[Na+]. The van der Waals surface area contributed by atoms with E-state index >= 15 is 0 Å². The average Bonchev–Trinajstić information content (AvgIpc) is 2.01. The largest absolute Gasteiger partial charge is 1.00 e. The van der Waals surface area contributed by atoms with E-state index in [9.17, 15) is 25.9 Å². The number of pyridine rings is 1. The maximum absolute atomic E-state index is 10.4. The minimum absolute atomic E-state index is 0. The van der Waals surface area contributed by atoms with Crippen molar-refractivity contribution in [3.8, 4) is 0 Å². The molecule has 16 heavy (non-hydrogen) atoms. The number of hydrogen-bond acceptors (Lipinski definition) is 7. The summed E-state index contributed by atoms with van der Waals surface area (Å²) in [6.07, 6.45) is 0.521. The molecule has 0 aliphatic heterocycles. The fourth-order valence-electron chi connectivity index (χ4n) is 0.662. The fourth-order valence-corrected chi connectivity index (χ4v) is 1.50. The van der Waals surface area contributed by atoms with E-state index < -0.39 is 30.2 Å². The van der Waals surface area contributed by atoms with Gasteiger partial charge in [-0.05, 0) is 12.1 Å². The van der Waals surface area contributed by atoms with Crippen molar-refractivity contribution >= 4 is 20.2 Å². The third-order valence-electron chi connectivity index (χ3n) is 1.25. The second kappa shape index (κ2) is 6.78. The molecule has 1 rings (SSSR count). The van der Waals surface area contributed by atoms with Crippen LogP contribution in [-0.2, 0) is 20.2 Å². The van der Waals surface area contributed by atoms with E-state index in [1.54, 1.807) is 0 Å². The Morgan fingerprint density at radius 1 is 0.938 bits per heavy atom. The number of nitrogens with zero attached hydrogens (tertiary/aromatic N) is 1. The van der Waals surface area contributed by atoms with Crippen molar-refractivity contribution in [3.05, 3.63) is 18.3 Å². The standard InChI is InChI=1S/C5H5NO6S2.2Na/c7-13(8,9)4-1-2-5(6-3-4)14(10,11)12;;/h1-3H,(H,7,8,9)(H,10,11,12);;/q;2*+1/p-2. The summed E-state index contributed by atoms with van der Waals surface area (Å²) in [5, 5.41) is -0.829. The molecule has 1 heterocycles. The van der Waals surface area contributed by atoms with E-state index in [0.717, 1.165) is 0 Å². The van der Waals surface area contributed by atoms with Crippen molar-refractivity contribution in [2.24, 2.45) is 0 Å². The van der Waals surface area contributed by atoms with Crippen molar-refractivity contribution in [1.29, 1.82) is 0 Å². The van der Waals surface area contributed by atoms with E-state index in [0.29, 0.717) is 18.3 Å². The quantitative estimate of drug-likeness (QED) is 0.389. The molecule has 0 saturated carbocycles. The Labute approximate surface area is 137 Å². The van der Waals surface area contributed by atoms with Gasteiger partial charge in [0.25, 0.3) is 0 Å². The Balaban J connectivity index is 0. The molecule has 7 nitrogen and oxygen atoms in total. The van der Waals surface area contributed by atoms with Crippen molar-refractivity contribution in [2.75, 3.05) is 0 Å². The summed E-state index contributed by atoms with van der Waals surface area (Å²) in [6, 6.07) is 1.37. The molecule has 0 amide bonds. The van der Waals surface area contributed by atoms with Gasteiger partial charge in [-0.15, -0.1) is 0 Å². The first-order valence-corrected chi connectivity index (χ1v) is 5.91. The average molecular weight is 283 g/mol. The summed E-state index contributed by atoms with van der Waals surface area (Å²) in [5.41, 5.74) is 0. The second-order valence-electron chi connectivity index (χ2n) is 2.24. The van der Waals surface area contributed by atoms with Gasteiger partial charge < -0.3 is 9.11 Å². The monoisotopic (exact) mass is 283 g/mol. The Kier molecular flexibility index (Phi) is 8.19.